The lowest BCUT2D eigenvalue weighted by Gasteiger charge is -2.22. The van der Waals surface area contributed by atoms with Crippen LogP contribution in [0.25, 0.3) is 0 Å². The molecule has 1 aromatic rings. The van der Waals surface area contributed by atoms with E-state index in [1.165, 1.54) is 12.1 Å². The minimum absolute atomic E-state index is 0.0601. The number of anilines is 1. The van der Waals surface area contributed by atoms with E-state index < -0.39 is 15.4 Å². The average Bonchev–Trinajstić information content (AvgIpc) is 2.88. The quantitative estimate of drug-likeness (QED) is 0.885. The van der Waals surface area contributed by atoms with Crippen LogP contribution in [0, 0.1) is 0 Å². The molecule has 0 bridgehead atoms. The van der Waals surface area contributed by atoms with E-state index in [9.17, 15) is 13.2 Å². The highest BCUT2D eigenvalue weighted by atomic mass is 32.2. The van der Waals surface area contributed by atoms with E-state index in [4.69, 9.17) is 5.73 Å². The number of hydrogen-bond donors (Lipinski definition) is 2. The van der Waals surface area contributed by atoms with Crippen molar-refractivity contribution in [3.05, 3.63) is 24.3 Å². The fourth-order valence-electron chi connectivity index (χ4n) is 2.40. The summed E-state index contributed by atoms with van der Waals surface area (Å²) in [6.45, 7) is 1.60. The topological polar surface area (TPSA) is 89.3 Å². The van der Waals surface area contributed by atoms with Crippen molar-refractivity contribution >= 4 is 21.4 Å². The van der Waals surface area contributed by atoms with Crippen molar-refractivity contribution in [3.63, 3.8) is 0 Å². The smallest absolute Gasteiger partial charge is 0.244 e. The molecule has 2 rings (SSSR count). The second-order valence-electron chi connectivity index (χ2n) is 5.25. The van der Waals surface area contributed by atoms with E-state index in [2.05, 4.69) is 5.32 Å². The van der Waals surface area contributed by atoms with E-state index in [1.807, 2.05) is 0 Å². The summed E-state index contributed by atoms with van der Waals surface area (Å²) in [6.07, 6.45) is 3.33. The number of benzene rings is 1. The molecule has 1 saturated carbocycles. The molecule has 0 atom stereocenters. The highest BCUT2D eigenvalue weighted by Crippen LogP contribution is 2.28. The summed E-state index contributed by atoms with van der Waals surface area (Å²) in [5.41, 5.74) is 5.85. The first-order chi connectivity index (χ1) is 9.37. The predicted molar refractivity (Wildman–Crippen MR) is 78.2 cm³/mol. The fourth-order valence-corrected chi connectivity index (χ4v) is 3.28. The first-order valence-corrected chi connectivity index (χ1v) is 8.46. The molecule has 0 aliphatic heterocycles. The van der Waals surface area contributed by atoms with Gasteiger partial charge in [-0.1, -0.05) is 19.8 Å². The number of nitrogens with two attached hydrogens (primary N) is 1. The number of hydrogen-bond acceptors (Lipinski definition) is 4. The van der Waals surface area contributed by atoms with Crippen LogP contribution in [0.1, 0.15) is 32.6 Å². The van der Waals surface area contributed by atoms with Gasteiger partial charge in [0.15, 0.2) is 9.84 Å². The summed E-state index contributed by atoms with van der Waals surface area (Å²) >= 11 is 0. The molecule has 0 aromatic heterocycles. The molecule has 6 heteroatoms. The van der Waals surface area contributed by atoms with Gasteiger partial charge in [-0.25, -0.2) is 8.42 Å². The Morgan fingerprint density at radius 1 is 1.25 bits per heavy atom. The number of rotatable bonds is 4. The van der Waals surface area contributed by atoms with Gasteiger partial charge in [0.25, 0.3) is 0 Å². The third-order valence-corrected chi connectivity index (χ3v) is 5.55. The highest BCUT2D eigenvalue weighted by molar-refractivity contribution is 7.91. The zero-order valence-corrected chi connectivity index (χ0v) is 12.4. The Bertz CT molecular complexity index is 587. The average molecular weight is 296 g/mol. The van der Waals surface area contributed by atoms with Crippen molar-refractivity contribution in [2.45, 2.75) is 43.0 Å². The van der Waals surface area contributed by atoms with Crippen LogP contribution in [-0.4, -0.2) is 25.6 Å². The highest BCUT2D eigenvalue weighted by Gasteiger charge is 2.36. The van der Waals surface area contributed by atoms with E-state index in [0.717, 1.165) is 12.8 Å². The number of carbonyl (C=O) groups excluding carboxylic acids is 1. The molecule has 0 heterocycles. The van der Waals surface area contributed by atoms with Crippen molar-refractivity contribution in [3.8, 4) is 0 Å². The maximum Gasteiger partial charge on any atom is 0.244 e. The van der Waals surface area contributed by atoms with Gasteiger partial charge in [-0.2, -0.15) is 0 Å². The Balaban J connectivity index is 2.10. The molecule has 0 saturated heterocycles. The largest absolute Gasteiger partial charge is 0.324 e. The molecule has 0 radical (unpaired) electrons. The van der Waals surface area contributed by atoms with Crippen LogP contribution in [0.2, 0.25) is 0 Å². The van der Waals surface area contributed by atoms with Crippen LogP contribution in [0.3, 0.4) is 0 Å². The predicted octanol–water partition coefficient (Wildman–Crippen LogP) is 1.69. The minimum Gasteiger partial charge on any atom is -0.324 e. The van der Waals surface area contributed by atoms with Crippen molar-refractivity contribution in [2.75, 3.05) is 11.1 Å². The molecular formula is C14H20N2O3S. The van der Waals surface area contributed by atoms with Gasteiger partial charge < -0.3 is 11.1 Å². The molecule has 1 aromatic carbocycles. The number of sulfone groups is 1. The zero-order valence-electron chi connectivity index (χ0n) is 11.6. The molecular weight excluding hydrogens is 276 g/mol. The van der Waals surface area contributed by atoms with Crippen molar-refractivity contribution in [1.29, 1.82) is 0 Å². The van der Waals surface area contributed by atoms with Crippen LogP contribution in [-0.2, 0) is 14.6 Å². The Kier molecular flexibility index (Phi) is 4.15. The SMILES string of the molecule is CCS(=O)(=O)c1ccc(NC(=O)C2(N)CCCC2)cc1. The van der Waals surface area contributed by atoms with Crippen molar-refractivity contribution < 1.29 is 13.2 Å². The molecule has 1 fully saturated rings. The van der Waals surface area contributed by atoms with Gasteiger partial charge in [0, 0.05) is 5.69 Å². The minimum atomic E-state index is -3.21. The van der Waals surface area contributed by atoms with Gasteiger partial charge in [0.1, 0.15) is 0 Å². The Morgan fingerprint density at radius 2 is 1.80 bits per heavy atom. The molecule has 5 nitrogen and oxygen atoms in total. The van der Waals surface area contributed by atoms with Crippen molar-refractivity contribution in [2.24, 2.45) is 5.73 Å². The first-order valence-electron chi connectivity index (χ1n) is 6.80. The van der Waals surface area contributed by atoms with E-state index in [1.54, 1.807) is 19.1 Å². The van der Waals surface area contributed by atoms with Crippen LogP contribution < -0.4 is 11.1 Å². The molecule has 1 amide bonds. The Hall–Kier alpha value is -1.40. The van der Waals surface area contributed by atoms with Gasteiger partial charge in [0.2, 0.25) is 5.91 Å². The maximum absolute atomic E-state index is 12.1. The van der Waals surface area contributed by atoms with Crippen LogP contribution in [0.5, 0.6) is 0 Å². The van der Waals surface area contributed by atoms with Gasteiger partial charge in [-0.15, -0.1) is 0 Å². The third-order valence-electron chi connectivity index (χ3n) is 3.80. The lowest BCUT2D eigenvalue weighted by molar-refractivity contribution is -0.121. The molecule has 1 aliphatic carbocycles. The van der Waals surface area contributed by atoms with Crippen LogP contribution in [0.15, 0.2) is 29.2 Å². The Labute approximate surface area is 119 Å². The van der Waals surface area contributed by atoms with E-state index in [-0.39, 0.29) is 16.6 Å². The van der Waals surface area contributed by atoms with Crippen LogP contribution >= 0.6 is 0 Å². The molecule has 110 valence electrons. The molecule has 20 heavy (non-hydrogen) atoms. The van der Waals surface area contributed by atoms with Gasteiger partial charge in [-0.3, -0.25) is 4.79 Å². The van der Waals surface area contributed by atoms with Gasteiger partial charge in [0.05, 0.1) is 16.2 Å². The number of nitrogens with one attached hydrogen (secondary N) is 1. The fraction of sp³-hybridized carbons (Fsp3) is 0.500. The lowest BCUT2D eigenvalue weighted by atomic mass is 9.98. The third kappa shape index (κ3) is 3.02. The van der Waals surface area contributed by atoms with Gasteiger partial charge >= 0.3 is 0 Å². The van der Waals surface area contributed by atoms with E-state index in [0.29, 0.717) is 18.5 Å². The summed E-state index contributed by atoms with van der Waals surface area (Å²) in [6, 6.07) is 6.20. The maximum atomic E-state index is 12.1. The zero-order chi connectivity index (χ0) is 14.8. The molecule has 1 aliphatic rings. The summed E-state index contributed by atoms with van der Waals surface area (Å²) in [5, 5.41) is 2.76. The first kappa shape index (κ1) is 15.0. The second-order valence-corrected chi connectivity index (χ2v) is 7.52. The summed E-state index contributed by atoms with van der Waals surface area (Å²) in [7, 11) is -3.21. The number of amides is 1. The summed E-state index contributed by atoms with van der Waals surface area (Å²) in [4.78, 5) is 12.4. The summed E-state index contributed by atoms with van der Waals surface area (Å²) in [5.74, 6) is -0.133. The lowest BCUT2D eigenvalue weighted by Crippen LogP contribution is -2.48. The normalized spacial score (nSPS) is 17.9. The standard InChI is InChI=1S/C14H20N2O3S/c1-2-20(18,19)12-7-5-11(6-8-12)16-13(17)14(15)9-3-4-10-14/h5-8H,2-4,9-10,15H2,1H3,(H,16,17). The van der Waals surface area contributed by atoms with Crippen molar-refractivity contribution in [1.82, 2.24) is 0 Å². The van der Waals surface area contributed by atoms with Crippen LogP contribution in [0.4, 0.5) is 5.69 Å². The monoisotopic (exact) mass is 296 g/mol. The van der Waals surface area contributed by atoms with E-state index >= 15 is 0 Å². The molecule has 0 spiro atoms. The molecule has 0 unspecified atom stereocenters. The second kappa shape index (κ2) is 5.54. The number of carbonyl (C=O) groups is 1. The van der Waals surface area contributed by atoms with Gasteiger partial charge in [-0.05, 0) is 37.1 Å². The Morgan fingerprint density at radius 3 is 2.30 bits per heavy atom. The molecule has 3 N–H and O–H groups in total. The summed E-state index contributed by atoms with van der Waals surface area (Å²) < 4.78 is 23.4.